The van der Waals surface area contributed by atoms with Gasteiger partial charge in [-0.2, -0.15) is 9.67 Å². The van der Waals surface area contributed by atoms with Gasteiger partial charge in [0.1, 0.15) is 12.3 Å². The standard InChI is InChI=1S/C17H16ClN7O6/c18-11-1-3-12(4-2-11)30-10-15(26)19-6-7-20-16(27)17-21-13(23-31-17)9-24-8-5-14(22-24)25(28)29/h1-5,8H,6-7,9-10H2,(H,19,26)(H,20,27). The molecular formula is C17H16ClN7O6. The SMILES string of the molecule is O=C(COc1ccc(Cl)cc1)NCCNC(=O)c1nc(Cn2ccc([N+](=O)[O-])n2)no1. The summed E-state index contributed by atoms with van der Waals surface area (Å²) in [6, 6.07) is 7.80. The van der Waals surface area contributed by atoms with Crippen LogP contribution in [-0.2, 0) is 11.3 Å². The first-order chi connectivity index (χ1) is 14.9. The van der Waals surface area contributed by atoms with Gasteiger partial charge in [0.05, 0.1) is 17.4 Å². The molecule has 0 atom stereocenters. The smallest absolute Gasteiger partial charge is 0.389 e. The molecule has 2 N–H and O–H groups in total. The highest BCUT2D eigenvalue weighted by Crippen LogP contribution is 2.15. The molecule has 0 unspecified atom stereocenters. The third-order valence-electron chi connectivity index (χ3n) is 3.70. The number of rotatable bonds is 10. The number of carbonyl (C=O) groups is 2. The lowest BCUT2D eigenvalue weighted by Crippen LogP contribution is -2.36. The number of aromatic nitrogens is 4. The number of carbonyl (C=O) groups excluding carboxylic acids is 2. The minimum atomic E-state index is -0.631. The summed E-state index contributed by atoms with van der Waals surface area (Å²) < 4.78 is 11.4. The van der Waals surface area contributed by atoms with E-state index in [1.807, 2.05) is 0 Å². The fourth-order valence-electron chi connectivity index (χ4n) is 2.28. The van der Waals surface area contributed by atoms with Crippen LogP contribution >= 0.6 is 11.6 Å². The third kappa shape index (κ3) is 6.50. The predicted molar refractivity (Wildman–Crippen MR) is 105 cm³/mol. The molecule has 1 aromatic carbocycles. The van der Waals surface area contributed by atoms with Gasteiger partial charge in [-0.3, -0.25) is 9.59 Å². The Kier molecular flexibility index (Phi) is 7.11. The zero-order valence-electron chi connectivity index (χ0n) is 15.9. The van der Waals surface area contributed by atoms with Gasteiger partial charge >= 0.3 is 17.6 Å². The molecule has 0 spiro atoms. The van der Waals surface area contributed by atoms with E-state index in [9.17, 15) is 19.7 Å². The van der Waals surface area contributed by atoms with Gasteiger partial charge in [-0.1, -0.05) is 16.8 Å². The normalized spacial score (nSPS) is 10.5. The van der Waals surface area contributed by atoms with Gasteiger partial charge in [0.25, 0.3) is 5.91 Å². The molecule has 0 fully saturated rings. The van der Waals surface area contributed by atoms with Crippen LogP contribution in [0.1, 0.15) is 16.5 Å². The van der Waals surface area contributed by atoms with Crippen LogP contribution in [0.4, 0.5) is 5.82 Å². The van der Waals surface area contributed by atoms with Crippen molar-refractivity contribution in [2.75, 3.05) is 19.7 Å². The molecular weight excluding hydrogens is 434 g/mol. The van der Waals surface area contributed by atoms with Crippen molar-refractivity contribution in [2.45, 2.75) is 6.54 Å². The van der Waals surface area contributed by atoms with E-state index in [1.54, 1.807) is 24.3 Å². The molecule has 162 valence electrons. The number of nitro groups is 1. The maximum absolute atomic E-state index is 12.0. The van der Waals surface area contributed by atoms with Crippen molar-refractivity contribution in [3.63, 3.8) is 0 Å². The minimum absolute atomic E-state index is 0.00566. The summed E-state index contributed by atoms with van der Waals surface area (Å²) in [6.07, 6.45) is 1.38. The van der Waals surface area contributed by atoms with Crippen LogP contribution in [0, 0.1) is 10.1 Å². The van der Waals surface area contributed by atoms with Crippen molar-refractivity contribution in [1.29, 1.82) is 0 Å². The Bertz CT molecular complexity index is 1070. The number of nitrogens with one attached hydrogen (secondary N) is 2. The van der Waals surface area contributed by atoms with Crippen molar-refractivity contribution in [2.24, 2.45) is 0 Å². The van der Waals surface area contributed by atoms with E-state index >= 15 is 0 Å². The molecule has 3 rings (SSSR count). The second-order valence-corrected chi connectivity index (χ2v) is 6.43. The second-order valence-electron chi connectivity index (χ2n) is 5.99. The summed E-state index contributed by atoms with van der Waals surface area (Å²) in [6.45, 7) is 0.0869. The zero-order valence-corrected chi connectivity index (χ0v) is 16.6. The van der Waals surface area contributed by atoms with Gasteiger partial charge in [-0.15, -0.1) is 0 Å². The van der Waals surface area contributed by atoms with Crippen LogP contribution < -0.4 is 15.4 Å². The lowest BCUT2D eigenvalue weighted by atomic mass is 10.3. The molecule has 0 aliphatic carbocycles. The van der Waals surface area contributed by atoms with E-state index in [2.05, 4.69) is 25.9 Å². The lowest BCUT2D eigenvalue weighted by Gasteiger charge is -2.07. The predicted octanol–water partition coefficient (Wildman–Crippen LogP) is 0.801. The molecule has 0 radical (unpaired) electrons. The number of hydrogen-bond donors (Lipinski definition) is 2. The molecule has 13 nitrogen and oxygen atoms in total. The van der Waals surface area contributed by atoms with E-state index in [0.29, 0.717) is 10.8 Å². The average Bonchev–Trinajstić information content (AvgIpc) is 3.41. The molecule has 14 heteroatoms. The Morgan fingerprint density at radius 2 is 1.94 bits per heavy atom. The van der Waals surface area contributed by atoms with E-state index in [1.165, 1.54) is 16.9 Å². The van der Waals surface area contributed by atoms with E-state index in [0.717, 1.165) is 0 Å². The van der Waals surface area contributed by atoms with Crippen LogP contribution in [0.5, 0.6) is 5.75 Å². The molecule has 31 heavy (non-hydrogen) atoms. The van der Waals surface area contributed by atoms with Crippen molar-refractivity contribution in [1.82, 2.24) is 30.6 Å². The van der Waals surface area contributed by atoms with Crippen molar-refractivity contribution in [3.05, 3.63) is 63.4 Å². The second kappa shape index (κ2) is 10.2. The lowest BCUT2D eigenvalue weighted by molar-refractivity contribution is -0.389. The van der Waals surface area contributed by atoms with Gasteiger partial charge in [0.15, 0.2) is 12.4 Å². The first-order valence-electron chi connectivity index (χ1n) is 8.84. The molecule has 0 bridgehead atoms. The quantitative estimate of drug-likeness (QED) is 0.258. The minimum Gasteiger partial charge on any atom is -0.484 e. The summed E-state index contributed by atoms with van der Waals surface area (Å²) in [7, 11) is 0. The van der Waals surface area contributed by atoms with Crippen molar-refractivity contribution < 1.29 is 23.8 Å². The third-order valence-corrected chi connectivity index (χ3v) is 3.95. The molecule has 2 aromatic heterocycles. The van der Waals surface area contributed by atoms with Crippen LogP contribution in [0.15, 0.2) is 41.1 Å². The molecule has 2 heterocycles. The topological polar surface area (TPSA) is 167 Å². The number of halogens is 1. The Morgan fingerprint density at radius 1 is 1.19 bits per heavy atom. The first-order valence-corrected chi connectivity index (χ1v) is 9.22. The Hall–Kier alpha value is -4.00. The summed E-state index contributed by atoms with van der Waals surface area (Å²) in [5.41, 5.74) is 0. The largest absolute Gasteiger partial charge is 0.484 e. The Labute approximate surface area is 179 Å². The van der Waals surface area contributed by atoms with E-state index in [-0.39, 0.29) is 49.7 Å². The molecule has 0 aliphatic rings. The monoisotopic (exact) mass is 449 g/mol. The maximum Gasteiger partial charge on any atom is 0.389 e. The van der Waals surface area contributed by atoms with Crippen LogP contribution in [0.25, 0.3) is 0 Å². The Balaban J connectivity index is 1.36. The number of hydrogen-bond acceptors (Lipinski definition) is 9. The molecule has 2 amide bonds. The van der Waals surface area contributed by atoms with Crippen molar-refractivity contribution >= 4 is 29.2 Å². The molecule has 3 aromatic rings. The zero-order chi connectivity index (χ0) is 22.2. The van der Waals surface area contributed by atoms with Crippen LogP contribution in [-0.4, -0.2) is 56.4 Å². The molecule has 0 saturated heterocycles. The van der Waals surface area contributed by atoms with Crippen LogP contribution in [0.2, 0.25) is 5.02 Å². The molecule has 0 saturated carbocycles. The number of amides is 2. The average molecular weight is 450 g/mol. The highest BCUT2D eigenvalue weighted by molar-refractivity contribution is 6.30. The fraction of sp³-hybridized carbons (Fsp3) is 0.235. The summed E-state index contributed by atoms with van der Waals surface area (Å²) in [4.78, 5) is 37.7. The van der Waals surface area contributed by atoms with Crippen LogP contribution in [0.3, 0.4) is 0 Å². The van der Waals surface area contributed by atoms with Crippen molar-refractivity contribution in [3.8, 4) is 5.75 Å². The fourth-order valence-corrected chi connectivity index (χ4v) is 2.40. The van der Waals surface area contributed by atoms with Gasteiger partial charge in [-0.25, -0.2) is 0 Å². The van der Waals surface area contributed by atoms with Gasteiger partial charge < -0.3 is 30.0 Å². The van der Waals surface area contributed by atoms with E-state index in [4.69, 9.17) is 20.9 Å². The first kappa shape index (κ1) is 21.7. The number of ether oxygens (including phenoxy) is 1. The van der Waals surface area contributed by atoms with Gasteiger partial charge in [0.2, 0.25) is 0 Å². The summed E-state index contributed by atoms with van der Waals surface area (Å²) in [5.74, 6) is -0.967. The highest BCUT2D eigenvalue weighted by Gasteiger charge is 2.17. The maximum atomic E-state index is 12.0. The summed E-state index contributed by atoms with van der Waals surface area (Å²) >= 11 is 5.77. The number of benzene rings is 1. The Morgan fingerprint density at radius 3 is 2.65 bits per heavy atom. The highest BCUT2D eigenvalue weighted by atomic mass is 35.5. The molecule has 0 aliphatic heterocycles. The number of nitrogens with zero attached hydrogens (tertiary/aromatic N) is 5. The van der Waals surface area contributed by atoms with Gasteiger partial charge in [-0.05, 0) is 29.2 Å². The van der Waals surface area contributed by atoms with Gasteiger partial charge in [0, 0.05) is 18.1 Å². The van der Waals surface area contributed by atoms with E-state index < -0.39 is 10.8 Å². The summed E-state index contributed by atoms with van der Waals surface area (Å²) in [5, 5.41) is 23.6.